The molecule has 6 rings (SSSR count). The smallest absolute Gasteiger partial charge is 0.338 e. The van der Waals surface area contributed by atoms with E-state index in [0.717, 1.165) is 0 Å². The number of benzene rings is 4. The topological polar surface area (TPSA) is 97.6 Å². The molecule has 0 bridgehead atoms. The van der Waals surface area contributed by atoms with Crippen molar-refractivity contribution in [2.45, 2.75) is 26.5 Å². The van der Waals surface area contributed by atoms with Crippen molar-refractivity contribution in [3.8, 4) is 23.0 Å². The first-order valence-electron chi connectivity index (χ1n) is 16.0. The lowest BCUT2D eigenvalue weighted by molar-refractivity contribution is -0.138. The van der Waals surface area contributed by atoms with E-state index in [1.165, 1.54) is 36.2 Å². The summed E-state index contributed by atoms with van der Waals surface area (Å²) < 4.78 is 44.6. The van der Waals surface area contributed by atoms with Gasteiger partial charge in [0.05, 0.1) is 49.3 Å². The van der Waals surface area contributed by atoms with Gasteiger partial charge in [0.15, 0.2) is 27.8 Å². The molecule has 1 aliphatic heterocycles. The minimum atomic E-state index is -0.893. The number of aromatic nitrogens is 1. The summed E-state index contributed by atoms with van der Waals surface area (Å²) in [6.07, 6.45) is 1.74. The molecule has 0 saturated heterocycles. The fourth-order valence-electron chi connectivity index (χ4n) is 5.70. The second kappa shape index (κ2) is 15.3. The largest absolute Gasteiger partial charge is 0.493 e. The SMILES string of the molecule is CCOC(=O)C1=C(c2ccccc2)N=c2s/c(=C\c3ccc(OCc4ccccc4F)c(OCC)c3)c(=O)n2[C@H]1c1ccc(OC)c(OC)c1. The summed E-state index contributed by atoms with van der Waals surface area (Å²) >= 11 is 1.20. The first kappa shape index (κ1) is 34.2. The van der Waals surface area contributed by atoms with Gasteiger partial charge in [-0.1, -0.05) is 72.0 Å². The molecule has 11 heteroatoms. The minimum absolute atomic E-state index is 0.0212. The van der Waals surface area contributed by atoms with Crippen molar-refractivity contribution in [1.29, 1.82) is 0 Å². The fourth-order valence-corrected chi connectivity index (χ4v) is 6.70. The second-order valence-electron chi connectivity index (χ2n) is 11.1. The molecule has 0 amide bonds. The third-order valence-electron chi connectivity index (χ3n) is 8.00. The summed E-state index contributed by atoms with van der Waals surface area (Å²) in [6.45, 7) is 4.11. The van der Waals surface area contributed by atoms with E-state index in [0.29, 0.717) is 66.9 Å². The van der Waals surface area contributed by atoms with E-state index in [2.05, 4.69) is 0 Å². The molecular formula is C39H35FN2O7S. The number of rotatable bonds is 12. The molecule has 1 aliphatic rings. The van der Waals surface area contributed by atoms with Gasteiger partial charge in [0.25, 0.3) is 5.56 Å². The van der Waals surface area contributed by atoms with Gasteiger partial charge in [-0.05, 0) is 61.4 Å². The summed E-state index contributed by atoms with van der Waals surface area (Å²) in [4.78, 5) is 33.5. The van der Waals surface area contributed by atoms with Crippen LogP contribution in [0.25, 0.3) is 11.8 Å². The molecule has 5 aromatic rings. The van der Waals surface area contributed by atoms with E-state index in [1.54, 1.807) is 67.6 Å². The monoisotopic (exact) mass is 694 g/mol. The number of ether oxygens (including phenoxy) is 5. The van der Waals surface area contributed by atoms with Crippen LogP contribution in [0.3, 0.4) is 0 Å². The number of carbonyl (C=O) groups excluding carboxylic acids is 1. The zero-order valence-corrected chi connectivity index (χ0v) is 28.8. The maximum absolute atomic E-state index is 14.4. The minimum Gasteiger partial charge on any atom is -0.493 e. The molecule has 256 valence electrons. The number of hydrogen-bond acceptors (Lipinski definition) is 9. The van der Waals surface area contributed by atoms with Crippen molar-refractivity contribution < 1.29 is 32.9 Å². The lowest BCUT2D eigenvalue weighted by atomic mass is 9.93. The Bertz CT molecular complexity index is 2240. The number of halogens is 1. The Kier molecular flexibility index (Phi) is 10.4. The third kappa shape index (κ3) is 6.90. The van der Waals surface area contributed by atoms with Crippen LogP contribution in [0.15, 0.2) is 106 Å². The highest BCUT2D eigenvalue weighted by Crippen LogP contribution is 2.38. The average Bonchev–Trinajstić information content (AvgIpc) is 3.45. The molecule has 50 heavy (non-hydrogen) atoms. The van der Waals surface area contributed by atoms with Gasteiger partial charge in [0.1, 0.15) is 12.4 Å². The van der Waals surface area contributed by atoms with E-state index in [1.807, 2.05) is 37.3 Å². The zero-order chi connectivity index (χ0) is 35.2. The van der Waals surface area contributed by atoms with Crippen molar-refractivity contribution in [2.24, 2.45) is 4.99 Å². The standard InChI is InChI=1S/C39H35FN2O7S/c1-5-47-32-20-24(16-18-30(32)49-23-27-14-10-11-15-28(27)40)21-33-37(43)42-36(26-17-19-29(45-3)31(22-26)46-4)34(38(44)48-6-2)35(41-39(42)50-33)25-12-8-7-9-13-25/h7-22,36H,5-6,23H2,1-4H3/b33-21-/t36-/m0/s1. The van der Waals surface area contributed by atoms with Gasteiger partial charge in [-0.25, -0.2) is 14.2 Å². The van der Waals surface area contributed by atoms with Crippen LogP contribution in [0, 0.1) is 5.82 Å². The van der Waals surface area contributed by atoms with E-state index < -0.39 is 12.0 Å². The van der Waals surface area contributed by atoms with Crippen LogP contribution in [0.2, 0.25) is 0 Å². The van der Waals surface area contributed by atoms with E-state index >= 15 is 0 Å². The zero-order valence-electron chi connectivity index (χ0n) is 28.0. The summed E-state index contributed by atoms with van der Waals surface area (Å²) in [7, 11) is 3.06. The summed E-state index contributed by atoms with van der Waals surface area (Å²) in [5, 5.41) is 0. The molecule has 1 atom stereocenters. The van der Waals surface area contributed by atoms with Crippen LogP contribution in [0.4, 0.5) is 4.39 Å². The maximum atomic E-state index is 14.4. The number of fused-ring (bicyclic) bond motifs is 1. The van der Waals surface area contributed by atoms with Gasteiger partial charge in [-0.3, -0.25) is 9.36 Å². The van der Waals surface area contributed by atoms with Crippen molar-refractivity contribution in [1.82, 2.24) is 4.57 Å². The van der Waals surface area contributed by atoms with Crippen LogP contribution in [-0.4, -0.2) is 38.0 Å². The highest BCUT2D eigenvalue weighted by atomic mass is 32.1. The predicted molar refractivity (Wildman–Crippen MR) is 189 cm³/mol. The van der Waals surface area contributed by atoms with Gasteiger partial charge >= 0.3 is 5.97 Å². The number of nitrogens with zero attached hydrogens (tertiary/aromatic N) is 2. The van der Waals surface area contributed by atoms with E-state index in [-0.39, 0.29) is 30.2 Å². The van der Waals surface area contributed by atoms with Crippen molar-refractivity contribution in [3.05, 3.63) is 144 Å². The average molecular weight is 695 g/mol. The molecule has 1 aromatic heterocycles. The number of thiazole rings is 1. The Morgan fingerprint density at radius 2 is 1.60 bits per heavy atom. The van der Waals surface area contributed by atoms with Gasteiger partial charge in [0, 0.05) is 11.1 Å². The lowest BCUT2D eigenvalue weighted by Gasteiger charge is -2.26. The first-order valence-corrected chi connectivity index (χ1v) is 16.8. The van der Waals surface area contributed by atoms with Crippen molar-refractivity contribution in [3.63, 3.8) is 0 Å². The van der Waals surface area contributed by atoms with Crippen LogP contribution in [0.5, 0.6) is 23.0 Å². The van der Waals surface area contributed by atoms with Gasteiger partial charge in [0.2, 0.25) is 0 Å². The molecule has 0 unspecified atom stereocenters. The van der Waals surface area contributed by atoms with Crippen molar-refractivity contribution >= 4 is 29.1 Å². The van der Waals surface area contributed by atoms with Crippen LogP contribution < -0.4 is 33.8 Å². The number of methoxy groups -OCH3 is 2. The number of carbonyl (C=O) groups is 1. The molecular weight excluding hydrogens is 660 g/mol. The summed E-state index contributed by atoms with van der Waals surface area (Å²) in [6, 6.07) is 25.4. The summed E-state index contributed by atoms with van der Waals surface area (Å²) in [5.74, 6) is 0.884. The molecule has 2 heterocycles. The lowest BCUT2D eigenvalue weighted by Crippen LogP contribution is -2.40. The Labute approximate surface area is 292 Å². The van der Waals surface area contributed by atoms with Gasteiger partial charge in [-0.15, -0.1) is 0 Å². The fraction of sp³-hybridized carbons (Fsp3) is 0.205. The molecule has 9 nitrogen and oxygen atoms in total. The number of hydrogen-bond donors (Lipinski definition) is 0. The molecule has 0 saturated carbocycles. The summed E-state index contributed by atoms with van der Waals surface area (Å²) in [5.41, 5.74) is 2.68. The van der Waals surface area contributed by atoms with Crippen LogP contribution in [-0.2, 0) is 16.1 Å². The molecule has 4 aromatic carbocycles. The normalized spacial score (nSPS) is 14.1. The first-order chi connectivity index (χ1) is 24.4. The van der Waals surface area contributed by atoms with Gasteiger partial charge < -0.3 is 23.7 Å². The molecule has 0 fully saturated rings. The van der Waals surface area contributed by atoms with Gasteiger partial charge in [-0.2, -0.15) is 0 Å². The quantitative estimate of drug-likeness (QED) is 0.146. The second-order valence-corrected chi connectivity index (χ2v) is 12.1. The number of esters is 1. The Morgan fingerprint density at radius 3 is 2.32 bits per heavy atom. The molecule has 0 spiro atoms. The third-order valence-corrected chi connectivity index (χ3v) is 8.99. The molecule has 0 aliphatic carbocycles. The van der Waals surface area contributed by atoms with E-state index in [4.69, 9.17) is 28.7 Å². The maximum Gasteiger partial charge on any atom is 0.338 e. The predicted octanol–water partition coefficient (Wildman–Crippen LogP) is 6.07. The highest BCUT2D eigenvalue weighted by Gasteiger charge is 2.35. The Balaban J connectivity index is 1.51. The highest BCUT2D eigenvalue weighted by molar-refractivity contribution is 7.07. The van der Waals surface area contributed by atoms with E-state index in [9.17, 15) is 14.0 Å². The molecule has 0 N–H and O–H groups in total. The Morgan fingerprint density at radius 1 is 0.860 bits per heavy atom. The Hall–Kier alpha value is -5.68. The molecule has 0 radical (unpaired) electrons. The van der Waals surface area contributed by atoms with Crippen LogP contribution in [0.1, 0.15) is 42.1 Å². The van der Waals surface area contributed by atoms with Crippen molar-refractivity contribution in [2.75, 3.05) is 27.4 Å². The van der Waals surface area contributed by atoms with Crippen LogP contribution >= 0.6 is 11.3 Å².